The van der Waals surface area contributed by atoms with E-state index < -0.39 is 0 Å². The molecular weight excluding hydrogens is 210 g/mol. The first-order valence-corrected chi connectivity index (χ1v) is 4.37. The lowest BCUT2D eigenvalue weighted by atomic mass is 10.3. The van der Waals surface area contributed by atoms with Crippen LogP contribution in [0.3, 0.4) is 0 Å². The number of hydrogen-bond acceptors (Lipinski definition) is 2. The van der Waals surface area contributed by atoms with E-state index in [4.69, 9.17) is 12.2 Å². The Morgan fingerprint density at radius 2 is 2.50 bits per heavy atom. The van der Waals surface area contributed by atoms with Gasteiger partial charge < -0.3 is 5.73 Å². The summed E-state index contributed by atoms with van der Waals surface area (Å²) in [6, 6.07) is 1.67. The number of hydrogen-bond donors (Lipinski definition) is 1. The number of nitrogens with two attached hydrogens (primary N) is 1. The van der Waals surface area contributed by atoms with Crippen LogP contribution >= 0.6 is 27.3 Å². The van der Waals surface area contributed by atoms with Gasteiger partial charge in [-0.1, -0.05) is 5.92 Å². The van der Waals surface area contributed by atoms with Crippen molar-refractivity contribution in [3.8, 4) is 12.3 Å². The van der Waals surface area contributed by atoms with E-state index in [-0.39, 0.29) is 6.04 Å². The van der Waals surface area contributed by atoms with Gasteiger partial charge in [0, 0.05) is 9.35 Å². The van der Waals surface area contributed by atoms with Gasteiger partial charge in [0.15, 0.2) is 0 Å². The van der Waals surface area contributed by atoms with Gasteiger partial charge in [0.2, 0.25) is 0 Å². The van der Waals surface area contributed by atoms with E-state index in [1.165, 1.54) is 0 Å². The van der Waals surface area contributed by atoms with E-state index in [2.05, 4.69) is 21.9 Å². The summed E-state index contributed by atoms with van der Waals surface area (Å²) in [6.45, 7) is 0. The molecule has 0 aliphatic heterocycles. The summed E-state index contributed by atoms with van der Waals surface area (Å²) >= 11 is 4.91. The lowest BCUT2D eigenvalue weighted by molar-refractivity contribution is 0.968. The Balaban J connectivity index is 2.96. The highest BCUT2D eigenvalue weighted by Crippen LogP contribution is 2.26. The largest absolute Gasteiger partial charge is 0.313 e. The van der Waals surface area contributed by atoms with Crippen molar-refractivity contribution in [1.82, 2.24) is 0 Å². The van der Waals surface area contributed by atoms with Crippen LogP contribution in [0.4, 0.5) is 0 Å². The summed E-state index contributed by atoms with van der Waals surface area (Å²) in [5.41, 5.74) is 5.58. The molecule has 2 N–H and O–H groups in total. The molecule has 0 saturated carbocycles. The van der Waals surface area contributed by atoms with Crippen LogP contribution in [-0.4, -0.2) is 0 Å². The van der Waals surface area contributed by atoms with Crippen LogP contribution in [-0.2, 0) is 0 Å². The average molecular weight is 216 g/mol. The maximum absolute atomic E-state index is 5.58. The Kier molecular flexibility index (Phi) is 2.50. The first kappa shape index (κ1) is 7.80. The third-order valence-electron chi connectivity index (χ3n) is 1.11. The zero-order valence-electron chi connectivity index (χ0n) is 5.17. The molecule has 1 unspecified atom stereocenters. The van der Waals surface area contributed by atoms with Crippen LogP contribution in [0.25, 0.3) is 0 Å². The van der Waals surface area contributed by atoms with Gasteiger partial charge in [-0.25, -0.2) is 0 Å². The van der Waals surface area contributed by atoms with Crippen molar-refractivity contribution >= 4 is 27.3 Å². The molecule has 3 heteroatoms. The van der Waals surface area contributed by atoms with E-state index in [1.807, 2.05) is 11.4 Å². The molecule has 0 bridgehead atoms. The lowest BCUT2D eigenvalue weighted by Crippen LogP contribution is -2.05. The molecule has 10 heavy (non-hydrogen) atoms. The van der Waals surface area contributed by atoms with E-state index in [9.17, 15) is 0 Å². The van der Waals surface area contributed by atoms with Crippen LogP contribution in [0.1, 0.15) is 10.9 Å². The molecule has 1 nitrogen and oxygen atoms in total. The minimum absolute atomic E-state index is 0.269. The highest BCUT2D eigenvalue weighted by Gasteiger charge is 2.06. The quantitative estimate of drug-likeness (QED) is 0.715. The van der Waals surface area contributed by atoms with Crippen LogP contribution in [0.5, 0.6) is 0 Å². The normalized spacial score (nSPS) is 12.5. The molecule has 0 fully saturated rings. The highest BCUT2D eigenvalue weighted by molar-refractivity contribution is 9.10. The SMILES string of the molecule is C#CC(N)c1sccc1Br. The van der Waals surface area contributed by atoms with Gasteiger partial charge >= 0.3 is 0 Å². The predicted molar refractivity (Wildman–Crippen MR) is 47.8 cm³/mol. The molecule has 0 radical (unpaired) electrons. The van der Waals surface area contributed by atoms with Crippen molar-refractivity contribution in [3.05, 3.63) is 20.8 Å². The lowest BCUT2D eigenvalue weighted by Gasteiger charge is -1.99. The molecule has 0 saturated heterocycles. The summed E-state index contributed by atoms with van der Waals surface area (Å²) in [4.78, 5) is 1.02. The van der Waals surface area contributed by atoms with Crippen LogP contribution in [0.15, 0.2) is 15.9 Å². The fourth-order valence-electron chi connectivity index (χ4n) is 0.603. The van der Waals surface area contributed by atoms with E-state index in [0.717, 1.165) is 9.35 Å². The van der Waals surface area contributed by atoms with Gasteiger partial charge in [-0.2, -0.15) is 0 Å². The molecule has 0 amide bonds. The Bertz CT molecular complexity index is 261. The zero-order chi connectivity index (χ0) is 7.56. The summed E-state index contributed by atoms with van der Waals surface area (Å²) in [6.07, 6.45) is 5.14. The van der Waals surface area contributed by atoms with Crippen LogP contribution in [0, 0.1) is 12.3 Å². The van der Waals surface area contributed by atoms with Crippen molar-refractivity contribution in [3.63, 3.8) is 0 Å². The molecule has 1 heterocycles. The fourth-order valence-corrected chi connectivity index (χ4v) is 2.18. The topological polar surface area (TPSA) is 26.0 Å². The van der Waals surface area contributed by atoms with Gasteiger partial charge in [0.25, 0.3) is 0 Å². The Hall–Kier alpha value is -0.300. The van der Waals surface area contributed by atoms with Gasteiger partial charge in [-0.05, 0) is 27.4 Å². The summed E-state index contributed by atoms with van der Waals surface area (Å²) in [5, 5.41) is 1.95. The third kappa shape index (κ3) is 1.40. The van der Waals surface area contributed by atoms with Gasteiger partial charge in [0.1, 0.15) is 6.04 Å². The fraction of sp³-hybridized carbons (Fsp3) is 0.143. The van der Waals surface area contributed by atoms with E-state index in [1.54, 1.807) is 11.3 Å². The molecule has 1 atom stereocenters. The maximum Gasteiger partial charge on any atom is 0.102 e. The molecule has 1 rings (SSSR count). The molecule has 52 valence electrons. The molecule has 0 aliphatic rings. The molecule has 0 aliphatic carbocycles. The van der Waals surface area contributed by atoms with Crippen molar-refractivity contribution in [1.29, 1.82) is 0 Å². The predicted octanol–water partition coefficient (Wildman–Crippen LogP) is 2.14. The van der Waals surface area contributed by atoms with Gasteiger partial charge in [-0.3, -0.25) is 0 Å². The first-order valence-electron chi connectivity index (χ1n) is 2.70. The van der Waals surface area contributed by atoms with Crippen LogP contribution < -0.4 is 5.73 Å². The number of terminal acetylenes is 1. The summed E-state index contributed by atoms with van der Waals surface area (Å²) < 4.78 is 1.00. The molecule has 0 spiro atoms. The molecule has 1 aromatic rings. The first-order chi connectivity index (χ1) is 4.75. The maximum atomic E-state index is 5.58. The van der Waals surface area contributed by atoms with Crippen molar-refractivity contribution in [2.24, 2.45) is 5.73 Å². The van der Waals surface area contributed by atoms with Gasteiger partial charge in [0.05, 0.1) is 0 Å². The number of rotatable bonds is 1. The second kappa shape index (κ2) is 3.20. The molecule has 0 aromatic carbocycles. The van der Waals surface area contributed by atoms with Crippen LogP contribution in [0.2, 0.25) is 0 Å². The smallest absolute Gasteiger partial charge is 0.102 e. The second-order valence-electron chi connectivity index (χ2n) is 1.78. The second-order valence-corrected chi connectivity index (χ2v) is 3.58. The molecular formula is C7H6BrNS. The Labute approximate surface area is 72.4 Å². The average Bonchev–Trinajstić information content (AvgIpc) is 2.34. The standard InChI is InChI=1S/C7H6BrNS/c1-2-6(9)7-5(8)3-4-10-7/h1,3-4,6H,9H2. The van der Waals surface area contributed by atoms with Crippen molar-refractivity contribution in [2.45, 2.75) is 6.04 Å². The number of thiophene rings is 1. The van der Waals surface area contributed by atoms with Crippen molar-refractivity contribution in [2.75, 3.05) is 0 Å². The monoisotopic (exact) mass is 215 g/mol. The number of halogens is 1. The zero-order valence-corrected chi connectivity index (χ0v) is 7.58. The summed E-state index contributed by atoms with van der Waals surface area (Å²) in [7, 11) is 0. The highest BCUT2D eigenvalue weighted by atomic mass is 79.9. The minimum Gasteiger partial charge on any atom is -0.313 e. The van der Waals surface area contributed by atoms with Crippen molar-refractivity contribution < 1.29 is 0 Å². The molecule has 1 aromatic heterocycles. The minimum atomic E-state index is -0.269. The van der Waals surface area contributed by atoms with E-state index >= 15 is 0 Å². The summed E-state index contributed by atoms with van der Waals surface area (Å²) in [5.74, 6) is 2.47. The van der Waals surface area contributed by atoms with E-state index in [0.29, 0.717) is 0 Å². The Morgan fingerprint density at radius 3 is 2.90 bits per heavy atom. The third-order valence-corrected chi connectivity index (χ3v) is 3.06. The Morgan fingerprint density at radius 1 is 1.80 bits per heavy atom. The van der Waals surface area contributed by atoms with Gasteiger partial charge in [-0.15, -0.1) is 17.8 Å².